The number of halogens is 3. The molecular weight excluding hydrogens is 485 g/mol. The fraction of sp³-hybridized carbons (Fsp3) is 0.0556. The van der Waals surface area contributed by atoms with Crippen molar-refractivity contribution in [1.29, 1.82) is 0 Å². The van der Waals surface area contributed by atoms with E-state index in [1.807, 2.05) is 13.0 Å². The van der Waals surface area contributed by atoms with Crippen molar-refractivity contribution in [3.8, 4) is 17.4 Å². The van der Waals surface area contributed by atoms with E-state index < -0.39 is 5.63 Å². The van der Waals surface area contributed by atoms with Crippen LogP contribution < -0.4 is 5.63 Å². The first-order valence-corrected chi connectivity index (χ1v) is 9.50. The normalized spacial score (nSPS) is 11.2. The van der Waals surface area contributed by atoms with Gasteiger partial charge in [-0.15, -0.1) is 0 Å². The smallest absolute Gasteiger partial charge is 0.347 e. The van der Waals surface area contributed by atoms with E-state index in [-0.39, 0.29) is 5.89 Å². The summed E-state index contributed by atoms with van der Waals surface area (Å²) in [5.41, 5.74) is 1.58. The molecule has 0 aliphatic carbocycles. The average Bonchev–Trinajstić information content (AvgIpc) is 2.97. The molecule has 1 aromatic carbocycles. The molecule has 0 N–H and O–H groups in total. The van der Waals surface area contributed by atoms with Crippen LogP contribution in [0.15, 0.2) is 60.9 Å². The Kier molecular flexibility index (Phi) is 4.46. The van der Waals surface area contributed by atoms with Crippen LogP contribution >= 0.6 is 43.5 Å². The lowest BCUT2D eigenvalue weighted by Crippen LogP contribution is -2.06. The third-order valence-corrected chi connectivity index (χ3v) is 5.05. The van der Waals surface area contributed by atoms with Crippen LogP contribution in [0.3, 0.4) is 0 Å². The zero-order valence-electron chi connectivity index (χ0n) is 13.3. The van der Waals surface area contributed by atoms with Crippen molar-refractivity contribution < 1.29 is 4.42 Å². The van der Waals surface area contributed by atoms with Gasteiger partial charge in [-0.05, 0) is 58.7 Å². The van der Waals surface area contributed by atoms with E-state index in [0.717, 1.165) is 14.5 Å². The Labute approximate surface area is 169 Å². The maximum atomic E-state index is 12.5. The van der Waals surface area contributed by atoms with Crippen LogP contribution in [0.25, 0.3) is 28.3 Å². The summed E-state index contributed by atoms with van der Waals surface area (Å²) in [7, 11) is 0. The van der Waals surface area contributed by atoms with Gasteiger partial charge in [0, 0.05) is 21.3 Å². The Bertz CT molecular complexity index is 1220. The predicted molar refractivity (Wildman–Crippen MR) is 108 cm³/mol. The summed E-state index contributed by atoms with van der Waals surface area (Å²) in [5, 5.41) is 0.897. The first-order valence-electron chi connectivity index (χ1n) is 7.54. The van der Waals surface area contributed by atoms with Gasteiger partial charge in [0.15, 0.2) is 5.82 Å². The molecule has 0 saturated carbocycles. The first-order chi connectivity index (χ1) is 12.4. The SMILES string of the molecule is Cc1cc(Br)cc2c(=O)oc(-c3cc(Br)cn3-c3ncccc3Cl)nc12. The second kappa shape index (κ2) is 6.64. The van der Waals surface area contributed by atoms with E-state index in [4.69, 9.17) is 16.0 Å². The van der Waals surface area contributed by atoms with E-state index in [1.165, 1.54) is 0 Å². The summed E-state index contributed by atoms with van der Waals surface area (Å²) in [6.45, 7) is 1.90. The Balaban J connectivity index is 2.01. The molecule has 0 aliphatic heterocycles. The number of hydrogen-bond donors (Lipinski definition) is 0. The van der Waals surface area contributed by atoms with Crippen LogP contribution in [-0.4, -0.2) is 14.5 Å². The minimum Gasteiger partial charge on any atom is -0.401 e. The largest absolute Gasteiger partial charge is 0.401 e. The Morgan fingerprint density at radius 3 is 2.77 bits per heavy atom. The number of pyridine rings is 1. The topological polar surface area (TPSA) is 60.9 Å². The zero-order chi connectivity index (χ0) is 18.4. The van der Waals surface area contributed by atoms with Crippen molar-refractivity contribution in [2.45, 2.75) is 6.92 Å². The van der Waals surface area contributed by atoms with E-state index in [1.54, 1.807) is 41.2 Å². The Morgan fingerprint density at radius 1 is 1.19 bits per heavy atom. The molecule has 4 aromatic rings. The minimum atomic E-state index is -0.453. The molecule has 4 rings (SSSR count). The maximum Gasteiger partial charge on any atom is 0.347 e. The molecule has 8 heteroatoms. The van der Waals surface area contributed by atoms with Crippen LogP contribution in [0.5, 0.6) is 0 Å². The van der Waals surface area contributed by atoms with Gasteiger partial charge >= 0.3 is 5.63 Å². The van der Waals surface area contributed by atoms with Crippen LogP contribution in [0.1, 0.15) is 5.56 Å². The van der Waals surface area contributed by atoms with Crippen molar-refractivity contribution in [2.75, 3.05) is 0 Å². The zero-order valence-corrected chi connectivity index (χ0v) is 17.3. The lowest BCUT2D eigenvalue weighted by molar-refractivity contribution is 0.514. The number of rotatable bonds is 2. The van der Waals surface area contributed by atoms with Crippen molar-refractivity contribution >= 4 is 54.4 Å². The molecule has 130 valence electrons. The molecule has 3 heterocycles. The number of nitrogens with zero attached hydrogens (tertiary/aromatic N) is 3. The first kappa shape index (κ1) is 17.5. The van der Waals surface area contributed by atoms with E-state index in [0.29, 0.717) is 27.4 Å². The molecule has 0 unspecified atom stereocenters. The van der Waals surface area contributed by atoms with Crippen LogP contribution in [0, 0.1) is 6.92 Å². The highest BCUT2D eigenvalue weighted by Gasteiger charge is 2.18. The number of benzene rings is 1. The lowest BCUT2D eigenvalue weighted by atomic mass is 10.1. The molecule has 0 amide bonds. The summed E-state index contributed by atoms with van der Waals surface area (Å²) in [6, 6.07) is 8.90. The quantitative estimate of drug-likeness (QED) is 0.367. The molecule has 0 fully saturated rings. The highest BCUT2D eigenvalue weighted by molar-refractivity contribution is 9.10. The summed E-state index contributed by atoms with van der Waals surface area (Å²) in [4.78, 5) is 21.4. The molecule has 0 spiro atoms. The van der Waals surface area contributed by atoms with Gasteiger partial charge in [-0.2, -0.15) is 0 Å². The van der Waals surface area contributed by atoms with E-state index in [9.17, 15) is 4.79 Å². The monoisotopic (exact) mass is 493 g/mol. The van der Waals surface area contributed by atoms with Gasteiger partial charge < -0.3 is 4.42 Å². The van der Waals surface area contributed by atoms with Crippen molar-refractivity contribution in [3.05, 3.63) is 72.7 Å². The highest BCUT2D eigenvalue weighted by Crippen LogP contribution is 2.30. The second-order valence-corrected chi connectivity index (χ2v) is 7.89. The third-order valence-electron chi connectivity index (χ3n) is 3.86. The predicted octanol–water partition coefficient (Wildman–Crippen LogP) is 5.53. The summed E-state index contributed by atoms with van der Waals surface area (Å²) < 4.78 is 8.82. The molecular formula is C18H10Br2ClN3O2. The van der Waals surface area contributed by atoms with Crippen molar-refractivity contribution in [1.82, 2.24) is 14.5 Å². The Hall–Kier alpha value is -1.96. The van der Waals surface area contributed by atoms with Crippen molar-refractivity contribution in [2.24, 2.45) is 0 Å². The van der Waals surface area contributed by atoms with Crippen molar-refractivity contribution in [3.63, 3.8) is 0 Å². The maximum absolute atomic E-state index is 12.5. The highest BCUT2D eigenvalue weighted by atomic mass is 79.9. The molecule has 26 heavy (non-hydrogen) atoms. The summed E-state index contributed by atoms with van der Waals surface area (Å²) >= 11 is 13.1. The molecule has 0 saturated heterocycles. The summed E-state index contributed by atoms with van der Waals surface area (Å²) in [5.74, 6) is 0.715. The standard InChI is InChI=1S/C18H10Br2ClN3O2/c1-9-5-10(19)6-12-15(9)23-17(26-18(12)25)14-7-11(20)8-24(14)16-13(21)3-2-4-22-16/h2-8H,1H3. The van der Waals surface area contributed by atoms with Crippen LogP contribution in [-0.2, 0) is 0 Å². The van der Waals surface area contributed by atoms with Gasteiger partial charge in [-0.1, -0.05) is 27.5 Å². The lowest BCUT2D eigenvalue weighted by Gasteiger charge is -2.09. The third kappa shape index (κ3) is 3.00. The molecule has 5 nitrogen and oxygen atoms in total. The molecule has 3 aromatic heterocycles. The average molecular weight is 496 g/mol. The number of aromatic nitrogens is 3. The Morgan fingerprint density at radius 2 is 2.00 bits per heavy atom. The van der Waals surface area contributed by atoms with Gasteiger partial charge in [-0.25, -0.2) is 14.8 Å². The number of fused-ring (bicyclic) bond motifs is 1. The van der Waals surface area contributed by atoms with Gasteiger partial charge in [-0.3, -0.25) is 4.57 Å². The molecule has 0 radical (unpaired) electrons. The van der Waals surface area contributed by atoms with Gasteiger partial charge in [0.2, 0.25) is 5.89 Å². The van der Waals surface area contributed by atoms with E-state index in [2.05, 4.69) is 41.8 Å². The summed E-state index contributed by atoms with van der Waals surface area (Å²) in [6.07, 6.45) is 3.44. The number of hydrogen-bond acceptors (Lipinski definition) is 4. The number of aryl methyl sites for hydroxylation is 1. The van der Waals surface area contributed by atoms with Gasteiger partial charge in [0.05, 0.1) is 15.9 Å². The van der Waals surface area contributed by atoms with Crippen LogP contribution in [0.4, 0.5) is 0 Å². The molecule has 0 aliphatic rings. The van der Waals surface area contributed by atoms with E-state index >= 15 is 0 Å². The fourth-order valence-electron chi connectivity index (χ4n) is 2.74. The minimum absolute atomic E-state index is 0.195. The molecule has 0 atom stereocenters. The van der Waals surface area contributed by atoms with Gasteiger partial charge in [0.1, 0.15) is 5.69 Å². The van der Waals surface area contributed by atoms with Crippen LogP contribution in [0.2, 0.25) is 5.02 Å². The van der Waals surface area contributed by atoms with Gasteiger partial charge in [0.25, 0.3) is 0 Å². The fourth-order valence-corrected chi connectivity index (χ4v) is 3.95. The molecule has 0 bridgehead atoms. The second-order valence-electron chi connectivity index (χ2n) is 5.65.